The Bertz CT molecular complexity index is 561. The van der Waals surface area contributed by atoms with Gasteiger partial charge in [0, 0.05) is 15.6 Å². The Morgan fingerprint density at radius 2 is 1.44 bits per heavy atom. The van der Waals surface area contributed by atoms with Crippen LogP contribution in [0.15, 0.2) is 40.9 Å². The highest BCUT2D eigenvalue weighted by Gasteiger charge is 2.14. The van der Waals surface area contributed by atoms with Crippen molar-refractivity contribution in [3.8, 4) is 0 Å². The molecular weight excluding hydrogens is 288 g/mol. The van der Waals surface area contributed by atoms with Crippen molar-refractivity contribution in [3.05, 3.63) is 68.7 Å². The first-order valence-corrected chi connectivity index (χ1v) is 6.66. The minimum Gasteiger partial charge on any atom is -0.289 e. The molecule has 2 heteroatoms. The molecule has 2 aromatic carbocycles. The zero-order valence-corrected chi connectivity index (χ0v) is 12.3. The maximum absolute atomic E-state index is 12.6. The van der Waals surface area contributed by atoms with Crippen LogP contribution in [0.3, 0.4) is 0 Å². The Labute approximate surface area is 116 Å². The summed E-state index contributed by atoms with van der Waals surface area (Å²) in [6.45, 7) is 5.96. The molecule has 0 aliphatic rings. The van der Waals surface area contributed by atoms with Gasteiger partial charge in [-0.15, -0.1) is 0 Å². The van der Waals surface area contributed by atoms with Gasteiger partial charge >= 0.3 is 0 Å². The van der Waals surface area contributed by atoms with Crippen molar-refractivity contribution in [2.45, 2.75) is 20.8 Å². The second-order valence-corrected chi connectivity index (χ2v) is 5.49. The van der Waals surface area contributed by atoms with Crippen molar-refractivity contribution < 1.29 is 4.79 Å². The van der Waals surface area contributed by atoms with Crippen LogP contribution in [0.2, 0.25) is 0 Å². The Morgan fingerprint density at radius 1 is 0.889 bits per heavy atom. The average molecular weight is 303 g/mol. The third-order valence-corrected chi connectivity index (χ3v) is 3.70. The number of carbonyl (C=O) groups excluding carboxylic acids is 1. The molecular formula is C16H15BrO. The fourth-order valence-electron chi connectivity index (χ4n) is 1.94. The van der Waals surface area contributed by atoms with Gasteiger partial charge in [0.05, 0.1) is 0 Å². The Hall–Kier alpha value is -1.41. The van der Waals surface area contributed by atoms with Crippen LogP contribution in [0.1, 0.15) is 32.6 Å². The van der Waals surface area contributed by atoms with Crippen LogP contribution < -0.4 is 0 Å². The van der Waals surface area contributed by atoms with Crippen LogP contribution in [-0.4, -0.2) is 5.78 Å². The number of benzene rings is 2. The number of carbonyl (C=O) groups is 1. The average Bonchev–Trinajstić information content (AvgIpc) is 2.34. The lowest BCUT2D eigenvalue weighted by atomic mass is 9.96. The molecule has 0 aliphatic carbocycles. The molecule has 0 bridgehead atoms. The van der Waals surface area contributed by atoms with Crippen LogP contribution in [0.4, 0.5) is 0 Å². The van der Waals surface area contributed by atoms with Crippen molar-refractivity contribution in [2.24, 2.45) is 0 Å². The molecule has 2 rings (SSSR count). The van der Waals surface area contributed by atoms with E-state index in [2.05, 4.69) is 15.9 Å². The number of rotatable bonds is 2. The molecule has 18 heavy (non-hydrogen) atoms. The molecule has 0 saturated heterocycles. The standard InChI is InChI=1S/C16H15BrO/c1-10-4-6-12(3)13(8-10)16(18)14-9-11(2)5-7-15(14)17/h4-9H,1-3H3. The molecule has 0 aliphatic heterocycles. The second kappa shape index (κ2) is 5.07. The summed E-state index contributed by atoms with van der Waals surface area (Å²) in [6, 6.07) is 11.8. The summed E-state index contributed by atoms with van der Waals surface area (Å²) in [5.74, 6) is 0.0757. The first-order valence-electron chi connectivity index (χ1n) is 5.87. The highest BCUT2D eigenvalue weighted by atomic mass is 79.9. The minimum atomic E-state index is 0.0757. The topological polar surface area (TPSA) is 17.1 Å². The highest BCUT2D eigenvalue weighted by molar-refractivity contribution is 9.10. The number of hydrogen-bond donors (Lipinski definition) is 0. The predicted molar refractivity (Wildman–Crippen MR) is 78.2 cm³/mol. The van der Waals surface area contributed by atoms with Gasteiger partial charge in [-0.05, 0) is 44.5 Å². The second-order valence-electron chi connectivity index (χ2n) is 4.63. The van der Waals surface area contributed by atoms with Crippen molar-refractivity contribution in [1.29, 1.82) is 0 Å². The van der Waals surface area contributed by atoms with Gasteiger partial charge in [-0.2, -0.15) is 0 Å². The molecule has 0 fully saturated rings. The van der Waals surface area contributed by atoms with Crippen molar-refractivity contribution in [2.75, 3.05) is 0 Å². The van der Waals surface area contributed by atoms with E-state index >= 15 is 0 Å². The third kappa shape index (κ3) is 2.54. The monoisotopic (exact) mass is 302 g/mol. The molecule has 0 atom stereocenters. The highest BCUT2D eigenvalue weighted by Crippen LogP contribution is 2.23. The molecule has 0 unspecified atom stereocenters. The normalized spacial score (nSPS) is 10.4. The maximum Gasteiger partial charge on any atom is 0.194 e. The largest absolute Gasteiger partial charge is 0.289 e. The first-order chi connectivity index (χ1) is 8.49. The lowest BCUT2D eigenvalue weighted by molar-refractivity contribution is 0.103. The molecule has 0 heterocycles. The van der Waals surface area contributed by atoms with E-state index < -0.39 is 0 Å². The van der Waals surface area contributed by atoms with E-state index in [1.807, 2.05) is 57.2 Å². The van der Waals surface area contributed by atoms with Crippen molar-refractivity contribution in [1.82, 2.24) is 0 Å². The molecule has 0 aromatic heterocycles. The fourth-order valence-corrected chi connectivity index (χ4v) is 2.37. The predicted octanol–water partition coefficient (Wildman–Crippen LogP) is 4.61. The summed E-state index contributed by atoms with van der Waals surface area (Å²) in [6.07, 6.45) is 0. The number of halogens is 1. The molecule has 0 N–H and O–H groups in total. The van der Waals surface area contributed by atoms with Gasteiger partial charge in [-0.1, -0.05) is 45.3 Å². The maximum atomic E-state index is 12.6. The summed E-state index contributed by atoms with van der Waals surface area (Å²) < 4.78 is 0.846. The summed E-state index contributed by atoms with van der Waals surface area (Å²) in [4.78, 5) is 12.6. The lowest BCUT2D eigenvalue weighted by Gasteiger charge is -2.08. The summed E-state index contributed by atoms with van der Waals surface area (Å²) in [5.41, 5.74) is 4.71. The molecule has 92 valence electrons. The third-order valence-electron chi connectivity index (χ3n) is 3.00. The van der Waals surface area contributed by atoms with Gasteiger partial charge in [-0.3, -0.25) is 4.79 Å². The molecule has 0 radical (unpaired) electrons. The number of ketones is 1. The van der Waals surface area contributed by atoms with Crippen LogP contribution in [-0.2, 0) is 0 Å². The first kappa shape index (κ1) is 13.0. The van der Waals surface area contributed by atoms with Gasteiger partial charge in [0.25, 0.3) is 0 Å². The number of hydrogen-bond acceptors (Lipinski definition) is 1. The van der Waals surface area contributed by atoms with Crippen LogP contribution >= 0.6 is 15.9 Å². The molecule has 0 amide bonds. The Kier molecular flexibility index (Phi) is 3.67. The van der Waals surface area contributed by atoms with Gasteiger partial charge in [0.2, 0.25) is 0 Å². The molecule has 2 aromatic rings. The zero-order chi connectivity index (χ0) is 13.3. The minimum absolute atomic E-state index is 0.0757. The number of aryl methyl sites for hydroxylation is 3. The van der Waals surface area contributed by atoms with E-state index in [9.17, 15) is 4.79 Å². The van der Waals surface area contributed by atoms with E-state index in [0.29, 0.717) is 0 Å². The molecule has 0 spiro atoms. The van der Waals surface area contributed by atoms with Gasteiger partial charge < -0.3 is 0 Å². The van der Waals surface area contributed by atoms with Gasteiger partial charge in [0.1, 0.15) is 0 Å². The van der Waals surface area contributed by atoms with E-state index in [1.165, 1.54) is 0 Å². The summed E-state index contributed by atoms with van der Waals surface area (Å²) >= 11 is 3.45. The fraction of sp³-hybridized carbons (Fsp3) is 0.188. The quantitative estimate of drug-likeness (QED) is 0.741. The van der Waals surface area contributed by atoms with E-state index in [0.717, 1.165) is 32.3 Å². The lowest BCUT2D eigenvalue weighted by Crippen LogP contribution is -2.05. The zero-order valence-electron chi connectivity index (χ0n) is 10.8. The summed E-state index contributed by atoms with van der Waals surface area (Å²) in [7, 11) is 0. The Morgan fingerprint density at radius 3 is 2.11 bits per heavy atom. The molecule has 1 nitrogen and oxygen atoms in total. The SMILES string of the molecule is Cc1ccc(C)c(C(=O)c2cc(C)ccc2Br)c1. The van der Waals surface area contributed by atoms with Gasteiger partial charge in [0.15, 0.2) is 5.78 Å². The van der Waals surface area contributed by atoms with Crippen LogP contribution in [0, 0.1) is 20.8 Å². The van der Waals surface area contributed by atoms with Gasteiger partial charge in [-0.25, -0.2) is 0 Å². The van der Waals surface area contributed by atoms with E-state index in [-0.39, 0.29) is 5.78 Å². The van der Waals surface area contributed by atoms with Crippen LogP contribution in [0.5, 0.6) is 0 Å². The van der Waals surface area contributed by atoms with Crippen molar-refractivity contribution in [3.63, 3.8) is 0 Å². The summed E-state index contributed by atoms with van der Waals surface area (Å²) in [5, 5.41) is 0. The Balaban J connectivity index is 2.54. The van der Waals surface area contributed by atoms with Crippen LogP contribution in [0.25, 0.3) is 0 Å². The smallest absolute Gasteiger partial charge is 0.194 e. The molecule has 0 saturated carbocycles. The van der Waals surface area contributed by atoms with E-state index in [1.54, 1.807) is 0 Å². The van der Waals surface area contributed by atoms with E-state index in [4.69, 9.17) is 0 Å². The van der Waals surface area contributed by atoms with Crippen molar-refractivity contribution >= 4 is 21.7 Å².